The molecular formula is C22H27N3O3S. The SMILES string of the molecule is COc1ccccc1CN1CCC(O)(Cn2cnc3sc(C)c(C)c3c2=O)CC1. The predicted octanol–water partition coefficient (Wildman–Crippen LogP) is 3.11. The first kappa shape index (κ1) is 20.1. The number of fused-ring (bicyclic) bond motifs is 1. The van der Waals surface area contributed by atoms with Crippen LogP contribution in [0.4, 0.5) is 0 Å². The highest BCUT2D eigenvalue weighted by Crippen LogP contribution is 2.28. The lowest BCUT2D eigenvalue weighted by atomic mass is 9.91. The number of ether oxygens (including phenoxy) is 1. The van der Waals surface area contributed by atoms with Crippen molar-refractivity contribution in [2.45, 2.75) is 45.4 Å². The molecule has 0 bridgehead atoms. The van der Waals surface area contributed by atoms with Crippen molar-refractivity contribution in [2.24, 2.45) is 0 Å². The molecule has 7 heteroatoms. The van der Waals surface area contributed by atoms with Gasteiger partial charge < -0.3 is 9.84 Å². The van der Waals surface area contributed by atoms with Gasteiger partial charge in [0.1, 0.15) is 10.6 Å². The Hall–Kier alpha value is -2.22. The minimum atomic E-state index is -0.893. The maximum absolute atomic E-state index is 12.9. The fourth-order valence-electron chi connectivity index (χ4n) is 4.06. The molecule has 1 aromatic carbocycles. The van der Waals surface area contributed by atoms with E-state index in [1.807, 2.05) is 32.0 Å². The van der Waals surface area contributed by atoms with Crippen LogP contribution in [0.15, 0.2) is 35.4 Å². The molecule has 0 radical (unpaired) electrons. The van der Waals surface area contributed by atoms with Crippen LogP contribution in [0.1, 0.15) is 28.8 Å². The van der Waals surface area contributed by atoms with Crippen molar-refractivity contribution in [3.05, 3.63) is 57.0 Å². The first-order valence-electron chi connectivity index (χ1n) is 9.92. The van der Waals surface area contributed by atoms with Crippen molar-refractivity contribution in [1.29, 1.82) is 0 Å². The normalized spacial score (nSPS) is 17.0. The number of para-hydroxylation sites is 1. The molecule has 1 aliphatic rings. The largest absolute Gasteiger partial charge is 0.496 e. The molecule has 3 aromatic rings. The fraction of sp³-hybridized carbons (Fsp3) is 0.455. The van der Waals surface area contributed by atoms with Crippen LogP contribution in [0.2, 0.25) is 0 Å². The van der Waals surface area contributed by atoms with Crippen LogP contribution in [0, 0.1) is 13.8 Å². The van der Waals surface area contributed by atoms with Gasteiger partial charge in [-0.25, -0.2) is 4.98 Å². The van der Waals surface area contributed by atoms with E-state index in [0.717, 1.165) is 46.2 Å². The van der Waals surface area contributed by atoms with Crippen LogP contribution in [-0.4, -0.2) is 45.4 Å². The van der Waals surface area contributed by atoms with Crippen LogP contribution < -0.4 is 10.3 Å². The van der Waals surface area contributed by atoms with Gasteiger partial charge in [0.25, 0.3) is 5.56 Å². The summed E-state index contributed by atoms with van der Waals surface area (Å²) in [6, 6.07) is 8.03. The lowest BCUT2D eigenvalue weighted by molar-refractivity contribution is -0.0365. The van der Waals surface area contributed by atoms with E-state index in [1.165, 1.54) is 0 Å². The second-order valence-corrected chi connectivity index (χ2v) is 9.16. The maximum atomic E-state index is 12.9. The van der Waals surface area contributed by atoms with Gasteiger partial charge in [-0.2, -0.15) is 0 Å². The number of thiophene rings is 1. The Morgan fingerprint density at radius 3 is 2.69 bits per heavy atom. The van der Waals surface area contributed by atoms with E-state index in [0.29, 0.717) is 18.2 Å². The number of piperidine rings is 1. The molecule has 154 valence electrons. The maximum Gasteiger partial charge on any atom is 0.262 e. The molecule has 0 amide bonds. The van der Waals surface area contributed by atoms with E-state index in [-0.39, 0.29) is 12.1 Å². The summed E-state index contributed by atoms with van der Waals surface area (Å²) >= 11 is 1.55. The Labute approximate surface area is 174 Å². The van der Waals surface area contributed by atoms with E-state index in [1.54, 1.807) is 29.3 Å². The number of hydrogen-bond donors (Lipinski definition) is 1. The third-order valence-electron chi connectivity index (χ3n) is 5.99. The average Bonchev–Trinajstić information content (AvgIpc) is 3.01. The fourth-order valence-corrected chi connectivity index (χ4v) is 5.05. The van der Waals surface area contributed by atoms with Gasteiger partial charge in [-0.05, 0) is 38.3 Å². The van der Waals surface area contributed by atoms with Gasteiger partial charge >= 0.3 is 0 Å². The number of likely N-dealkylation sites (tertiary alicyclic amines) is 1. The van der Waals surface area contributed by atoms with Crippen molar-refractivity contribution in [1.82, 2.24) is 14.5 Å². The molecule has 0 atom stereocenters. The topological polar surface area (TPSA) is 67.6 Å². The highest BCUT2D eigenvalue weighted by Gasteiger charge is 2.33. The molecule has 1 saturated heterocycles. The molecule has 0 spiro atoms. The zero-order chi connectivity index (χ0) is 20.6. The predicted molar refractivity (Wildman–Crippen MR) is 116 cm³/mol. The number of rotatable bonds is 5. The van der Waals surface area contributed by atoms with Gasteiger partial charge in [-0.3, -0.25) is 14.3 Å². The lowest BCUT2D eigenvalue weighted by Crippen LogP contribution is -2.47. The van der Waals surface area contributed by atoms with Crippen molar-refractivity contribution in [3.63, 3.8) is 0 Å². The van der Waals surface area contributed by atoms with E-state index in [4.69, 9.17) is 4.74 Å². The minimum Gasteiger partial charge on any atom is -0.496 e. The molecule has 1 N–H and O–H groups in total. The molecule has 4 rings (SSSR count). The number of aliphatic hydroxyl groups is 1. The van der Waals surface area contributed by atoms with E-state index >= 15 is 0 Å². The zero-order valence-electron chi connectivity index (χ0n) is 17.1. The third-order valence-corrected chi connectivity index (χ3v) is 7.11. The molecule has 0 saturated carbocycles. The third kappa shape index (κ3) is 3.95. The monoisotopic (exact) mass is 413 g/mol. The molecule has 29 heavy (non-hydrogen) atoms. The summed E-state index contributed by atoms with van der Waals surface area (Å²) in [7, 11) is 1.69. The van der Waals surface area contributed by atoms with Crippen LogP contribution in [0.3, 0.4) is 0 Å². The van der Waals surface area contributed by atoms with Gasteiger partial charge in [0.15, 0.2) is 0 Å². The lowest BCUT2D eigenvalue weighted by Gasteiger charge is -2.38. The Kier molecular flexibility index (Phi) is 5.46. The summed E-state index contributed by atoms with van der Waals surface area (Å²) in [5.41, 5.74) is 1.20. The summed E-state index contributed by atoms with van der Waals surface area (Å²) in [5, 5.41) is 11.8. The minimum absolute atomic E-state index is 0.0540. The Morgan fingerprint density at radius 1 is 1.24 bits per heavy atom. The van der Waals surface area contributed by atoms with Crippen molar-refractivity contribution in [3.8, 4) is 5.75 Å². The second-order valence-electron chi connectivity index (χ2n) is 7.95. The Morgan fingerprint density at radius 2 is 1.97 bits per heavy atom. The smallest absolute Gasteiger partial charge is 0.262 e. The van der Waals surface area contributed by atoms with E-state index in [2.05, 4.69) is 16.0 Å². The highest BCUT2D eigenvalue weighted by molar-refractivity contribution is 7.18. The zero-order valence-corrected chi connectivity index (χ0v) is 18.0. The van der Waals surface area contributed by atoms with Crippen LogP contribution in [0.5, 0.6) is 5.75 Å². The molecule has 0 unspecified atom stereocenters. The highest BCUT2D eigenvalue weighted by atomic mass is 32.1. The standard InChI is InChI=1S/C22H27N3O3S/c1-15-16(2)29-20-19(15)21(26)25(14-23-20)13-22(27)8-10-24(11-9-22)12-17-6-4-5-7-18(17)28-3/h4-7,14,27H,8-13H2,1-3H3. The molecule has 0 aliphatic carbocycles. The van der Waals surface area contributed by atoms with Gasteiger partial charge in [0.2, 0.25) is 0 Å². The van der Waals surface area contributed by atoms with Gasteiger partial charge in [-0.15, -0.1) is 11.3 Å². The van der Waals surface area contributed by atoms with Crippen LogP contribution >= 0.6 is 11.3 Å². The quantitative estimate of drug-likeness (QED) is 0.696. The summed E-state index contributed by atoms with van der Waals surface area (Å²) in [4.78, 5) is 21.6. The van der Waals surface area contributed by atoms with Crippen molar-refractivity contribution >= 4 is 21.6 Å². The first-order chi connectivity index (χ1) is 13.9. The number of nitrogens with zero attached hydrogens (tertiary/aromatic N) is 3. The Bertz CT molecular complexity index is 1080. The number of aryl methyl sites for hydroxylation is 2. The molecular weight excluding hydrogens is 386 g/mol. The first-order valence-corrected chi connectivity index (χ1v) is 10.7. The van der Waals surface area contributed by atoms with Gasteiger partial charge in [-0.1, -0.05) is 18.2 Å². The second kappa shape index (κ2) is 7.89. The van der Waals surface area contributed by atoms with E-state index in [9.17, 15) is 9.90 Å². The van der Waals surface area contributed by atoms with Crippen molar-refractivity contribution < 1.29 is 9.84 Å². The number of hydrogen-bond acceptors (Lipinski definition) is 6. The number of methoxy groups -OCH3 is 1. The van der Waals surface area contributed by atoms with Gasteiger partial charge in [0.05, 0.1) is 31.0 Å². The molecule has 1 aliphatic heterocycles. The van der Waals surface area contributed by atoms with Gasteiger partial charge in [0, 0.05) is 30.1 Å². The molecule has 2 aromatic heterocycles. The molecule has 3 heterocycles. The van der Waals surface area contributed by atoms with Crippen LogP contribution in [0.25, 0.3) is 10.2 Å². The van der Waals surface area contributed by atoms with Crippen LogP contribution in [-0.2, 0) is 13.1 Å². The summed E-state index contributed by atoms with van der Waals surface area (Å²) < 4.78 is 7.03. The van der Waals surface area contributed by atoms with Crippen molar-refractivity contribution in [2.75, 3.05) is 20.2 Å². The molecule has 6 nitrogen and oxygen atoms in total. The van der Waals surface area contributed by atoms with E-state index < -0.39 is 5.60 Å². The Balaban J connectivity index is 1.46. The average molecular weight is 414 g/mol. The number of aromatic nitrogens is 2. The number of benzene rings is 1. The summed E-state index contributed by atoms with van der Waals surface area (Å²) in [6.07, 6.45) is 2.82. The summed E-state index contributed by atoms with van der Waals surface area (Å²) in [6.45, 7) is 6.60. The summed E-state index contributed by atoms with van der Waals surface area (Å²) in [5.74, 6) is 0.890. The molecule has 1 fully saturated rings.